The summed E-state index contributed by atoms with van der Waals surface area (Å²) in [7, 11) is 0. The summed E-state index contributed by atoms with van der Waals surface area (Å²) in [5.74, 6) is -1.73. The number of amides is 2. The SMILES string of the molecule is CCC(CC)(NC(=O)C1(NC(=O)OCC2c3ccccc3-c3ccccc32)CCOCC1)C(=O)O. The summed E-state index contributed by atoms with van der Waals surface area (Å²) in [5.41, 5.74) is 1.74. The Morgan fingerprint density at radius 3 is 2.06 bits per heavy atom. The Morgan fingerprint density at radius 2 is 1.54 bits per heavy atom. The van der Waals surface area contributed by atoms with E-state index in [1.807, 2.05) is 36.4 Å². The van der Waals surface area contributed by atoms with Crippen LogP contribution < -0.4 is 10.6 Å². The maximum absolute atomic E-state index is 13.4. The molecule has 0 unspecified atom stereocenters. The fourth-order valence-corrected chi connectivity index (χ4v) is 5.08. The Hall–Kier alpha value is -3.39. The van der Waals surface area contributed by atoms with E-state index in [0.29, 0.717) is 0 Å². The van der Waals surface area contributed by atoms with Crippen molar-refractivity contribution in [3.05, 3.63) is 59.7 Å². The van der Waals surface area contributed by atoms with Crippen LogP contribution in [-0.4, -0.2) is 54.0 Å². The Kier molecular flexibility index (Phi) is 7.12. The number of carbonyl (C=O) groups is 3. The molecule has 0 radical (unpaired) electrons. The highest BCUT2D eigenvalue weighted by atomic mass is 16.5. The molecule has 35 heavy (non-hydrogen) atoms. The molecule has 2 aromatic rings. The van der Waals surface area contributed by atoms with Gasteiger partial charge >= 0.3 is 12.1 Å². The van der Waals surface area contributed by atoms with Gasteiger partial charge in [-0.15, -0.1) is 0 Å². The van der Waals surface area contributed by atoms with Crippen LogP contribution in [0.1, 0.15) is 56.6 Å². The Morgan fingerprint density at radius 1 is 1.00 bits per heavy atom. The van der Waals surface area contributed by atoms with Gasteiger partial charge in [-0.3, -0.25) is 4.79 Å². The number of alkyl carbamates (subject to hydrolysis) is 1. The van der Waals surface area contributed by atoms with Gasteiger partial charge in [-0.05, 0) is 35.1 Å². The van der Waals surface area contributed by atoms with Gasteiger partial charge in [0.1, 0.15) is 17.7 Å². The topological polar surface area (TPSA) is 114 Å². The van der Waals surface area contributed by atoms with E-state index in [2.05, 4.69) is 22.8 Å². The van der Waals surface area contributed by atoms with E-state index >= 15 is 0 Å². The second kappa shape index (κ2) is 10.1. The number of carbonyl (C=O) groups excluding carboxylic acids is 2. The number of carboxylic acids is 1. The van der Waals surface area contributed by atoms with Gasteiger partial charge in [0.15, 0.2) is 0 Å². The summed E-state index contributed by atoms with van der Waals surface area (Å²) in [5, 5.41) is 15.2. The van der Waals surface area contributed by atoms with Crippen molar-refractivity contribution in [2.75, 3.05) is 19.8 Å². The van der Waals surface area contributed by atoms with E-state index in [-0.39, 0.29) is 51.4 Å². The molecule has 1 saturated heterocycles. The highest BCUT2D eigenvalue weighted by molar-refractivity contribution is 5.94. The molecule has 2 amide bonds. The molecular formula is C27H32N2O6. The standard InChI is InChI=1S/C27H32N2O6/c1-3-26(4-2,24(31)32)28-23(30)27(13-15-34-16-14-27)29-25(33)35-17-22-20-11-7-5-9-18(20)19-10-6-8-12-21(19)22/h5-12,22H,3-4,13-17H2,1-2H3,(H,28,30)(H,29,33)(H,31,32). The molecule has 0 saturated carbocycles. The van der Waals surface area contributed by atoms with Gasteiger partial charge in [0.05, 0.1) is 0 Å². The molecule has 0 aromatic heterocycles. The molecule has 8 heteroatoms. The molecule has 2 aliphatic rings. The first-order valence-corrected chi connectivity index (χ1v) is 12.1. The number of ether oxygens (including phenoxy) is 2. The van der Waals surface area contributed by atoms with Crippen LogP contribution in [0.3, 0.4) is 0 Å². The molecule has 1 aliphatic carbocycles. The molecule has 0 spiro atoms. The normalized spacial score (nSPS) is 16.6. The Bertz CT molecular complexity index is 1060. The molecule has 3 N–H and O–H groups in total. The van der Waals surface area contributed by atoms with Gasteiger partial charge in [-0.1, -0.05) is 62.4 Å². The van der Waals surface area contributed by atoms with E-state index in [9.17, 15) is 19.5 Å². The Balaban J connectivity index is 1.49. The average molecular weight is 481 g/mol. The first-order chi connectivity index (χ1) is 16.9. The molecule has 1 fully saturated rings. The summed E-state index contributed by atoms with van der Waals surface area (Å²) < 4.78 is 11.1. The lowest BCUT2D eigenvalue weighted by Gasteiger charge is -2.39. The van der Waals surface area contributed by atoms with Gasteiger partial charge in [-0.2, -0.15) is 0 Å². The molecule has 0 atom stereocenters. The number of hydrogen-bond donors (Lipinski definition) is 3. The van der Waals surface area contributed by atoms with E-state index in [1.165, 1.54) is 0 Å². The number of hydrogen-bond acceptors (Lipinski definition) is 5. The third kappa shape index (κ3) is 4.62. The van der Waals surface area contributed by atoms with Crippen molar-refractivity contribution in [1.29, 1.82) is 0 Å². The lowest BCUT2D eigenvalue weighted by Crippen LogP contribution is -2.66. The predicted octanol–water partition coefficient (Wildman–Crippen LogP) is 3.83. The minimum absolute atomic E-state index is 0.104. The van der Waals surface area contributed by atoms with E-state index < -0.39 is 29.0 Å². The largest absolute Gasteiger partial charge is 0.480 e. The third-order valence-corrected chi connectivity index (χ3v) is 7.44. The number of fused-ring (bicyclic) bond motifs is 3. The highest BCUT2D eigenvalue weighted by Crippen LogP contribution is 2.44. The van der Waals surface area contributed by atoms with Crippen LogP contribution in [0.15, 0.2) is 48.5 Å². The quantitative estimate of drug-likeness (QED) is 0.529. The van der Waals surface area contributed by atoms with E-state index in [1.54, 1.807) is 13.8 Å². The maximum Gasteiger partial charge on any atom is 0.408 e. The van der Waals surface area contributed by atoms with Crippen molar-refractivity contribution in [3.63, 3.8) is 0 Å². The van der Waals surface area contributed by atoms with Crippen LogP contribution in [0.2, 0.25) is 0 Å². The zero-order chi connectivity index (χ0) is 25.1. The minimum atomic E-state index is -1.40. The van der Waals surface area contributed by atoms with Gasteiger partial charge < -0.3 is 25.2 Å². The predicted molar refractivity (Wildman–Crippen MR) is 130 cm³/mol. The van der Waals surface area contributed by atoms with E-state index in [0.717, 1.165) is 22.3 Å². The fraction of sp³-hybridized carbons (Fsp3) is 0.444. The monoisotopic (exact) mass is 480 g/mol. The van der Waals surface area contributed by atoms with Crippen LogP contribution in [0.5, 0.6) is 0 Å². The van der Waals surface area contributed by atoms with Crippen LogP contribution >= 0.6 is 0 Å². The average Bonchev–Trinajstić information content (AvgIpc) is 3.20. The van der Waals surface area contributed by atoms with Crippen molar-refractivity contribution < 1.29 is 29.0 Å². The molecule has 186 valence electrons. The third-order valence-electron chi connectivity index (χ3n) is 7.44. The molecule has 1 aliphatic heterocycles. The molecule has 2 aromatic carbocycles. The highest BCUT2D eigenvalue weighted by Gasteiger charge is 2.47. The Labute approximate surface area is 205 Å². The van der Waals surface area contributed by atoms with Crippen LogP contribution in [0.4, 0.5) is 4.79 Å². The van der Waals surface area contributed by atoms with Crippen LogP contribution in [-0.2, 0) is 19.1 Å². The zero-order valence-corrected chi connectivity index (χ0v) is 20.1. The zero-order valence-electron chi connectivity index (χ0n) is 20.1. The van der Waals surface area contributed by atoms with Gasteiger partial charge in [0, 0.05) is 32.0 Å². The second-order valence-electron chi connectivity index (χ2n) is 9.19. The van der Waals surface area contributed by atoms with Gasteiger partial charge in [0.2, 0.25) is 5.91 Å². The fourth-order valence-electron chi connectivity index (χ4n) is 5.08. The lowest BCUT2D eigenvalue weighted by molar-refractivity contribution is -0.150. The van der Waals surface area contributed by atoms with Crippen molar-refractivity contribution >= 4 is 18.0 Å². The number of nitrogens with one attached hydrogen (secondary N) is 2. The molecule has 8 nitrogen and oxygen atoms in total. The number of benzene rings is 2. The maximum atomic E-state index is 13.4. The number of carboxylic acid groups (broad SMARTS) is 1. The summed E-state index contributed by atoms with van der Waals surface area (Å²) in [4.78, 5) is 38.3. The molecular weight excluding hydrogens is 448 g/mol. The molecule has 1 heterocycles. The minimum Gasteiger partial charge on any atom is -0.480 e. The van der Waals surface area contributed by atoms with Gasteiger partial charge in [-0.25, -0.2) is 9.59 Å². The van der Waals surface area contributed by atoms with Crippen molar-refractivity contribution in [2.24, 2.45) is 0 Å². The summed E-state index contributed by atoms with van der Waals surface area (Å²) in [6.07, 6.45) is 0.195. The van der Waals surface area contributed by atoms with Crippen LogP contribution in [0.25, 0.3) is 11.1 Å². The number of rotatable bonds is 8. The van der Waals surface area contributed by atoms with Crippen LogP contribution in [0, 0.1) is 0 Å². The summed E-state index contributed by atoms with van der Waals surface area (Å²) in [6, 6.07) is 16.1. The smallest absolute Gasteiger partial charge is 0.408 e. The molecule has 0 bridgehead atoms. The summed E-state index contributed by atoms with van der Waals surface area (Å²) >= 11 is 0. The van der Waals surface area contributed by atoms with Crippen molar-refractivity contribution in [3.8, 4) is 11.1 Å². The molecule has 4 rings (SSSR count). The van der Waals surface area contributed by atoms with Crippen molar-refractivity contribution in [1.82, 2.24) is 10.6 Å². The van der Waals surface area contributed by atoms with Gasteiger partial charge in [0.25, 0.3) is 0 Å². The first kappa shape index (κ1) is 24.7. The van der Waals surface area contributed by atoms with Crippen molar-refractivity contribution in [2.45, 2.75) is 56.5 Å². The van der Waals surface area contributed by atoms with E-state index in [4.69, 9.17) is 9.47 Å². The lowest BCUT2D eigenvalue weighted by atomic mass is 9.86. The number of aliphatic carboxylic acids is 1. The summed E-state index contributed by atoms with van der Waals surface area (Å²) in [6.45, 7) is 4.10. The second-order valence-corrected chi connectivity index (χ2v) is 9.19. The first-order valence-electron chi connectivity index (χ1n) is 12.1.